The molecule has 0 aliphatic heterocycles. The summed E-state index contributed by atoms with van der Waals surface area (Å²) in [5.74, 6) is -5.47. The first-order chi connectivity index (χ1) is 11.2. The van der Waals surface area contributed by atoms with Crippen molar-refractivity contribution in [1.29, 1.82) is 0 Å². The van der Waals surface area contributed by atoms with Crippen LogP contribution in [0.2, 0.25) is 5.02 Å². The van der Waals surface area contributed by atoms with Crippen molar-refractivity contribution in [2.75, 3.05) is 4.90 Å². The second-order valence-corrected chi connectivity index (χ2v) is 4.98. The molecule has 9 heteroatoms. The predicted molar refractivity (Wildman–Crippen MR) is 77.6 cm³/mol. The van der Waals surface area contributed by atoms with Gasteiger partial charge in [-0.1, -0.05) is 11.6 Å². The predicted octanol–water partition coefficient (Wildman–Crippen LogP) is 4.19. The SMILES string of the molecule is O=C(O)c1cc(Cl)ccc1N(C(=O)c1ccc(F)cc1F)C(F)F. The molecule has 0 aliphatic rings. The molecule has 2 aromatic carbocycles. The van der Waals surface area contributed by atoms with Gasteiger partial charge in [-0.3, -0.25) is 4.79 Å². The smallest absolute Gasteiger partial charge is 0.337 e. The molecule has 0 aromatic heterocycles. The highest BCUT2D eigenvalue weighted by molar-refractivity contribution is 6.31. The van der Waals surface area contributed by atoms with Gasteiger partial charge in [0.15, 0.2) is 0 Å². The summed E-state index contributed by atoms with van der Waals surface area (Å²) >= 11 is 5.63. The monoisotopic (exact) mass is 361 g/mol. The largest absolute Gasteiger partial charge is 0.478 e. The van der Waals surface area contributed by atoms with Crippen LogP contribution in [0.15, 0.2) is 36.4 Å². The minimum atomic E-state index is -3.47. The first kappa shape index (κ1) is 17.7. The van der Waals surface area contributed by atoms with Gasteiger partial charge >= 0.3 is 12.5 Å². The minimum Gasteiger partial charge on any atom is -0.478 e. The third kappa shape index (κ3) is 3.48. The zero-order valence-electron chi connectivity index (χ0n) is 11.6. The van der Waals surface area contributed by atoms with E-state index in [-0.39, 0.29) is 9.92 Å². The lowest BCUT2D eigenvalue weighted by Crippen LogP contribution is -2.37. The summed E-state index contributed by atoms with van der Waals surface area (Å²) in [6.45, 7) is -3.47. The first-order valence-corrected chi connectivity index (χ1v) is 6.69. The van der Waals surface area contributed by atoms with Gasteiger partial charge in [-0.2, -0.15) is 8.78 Å². The van der Waals surface area contributed by atoms with E-state index in [1.165, 1.54) is 0 Å². The van der Waals surface area contributed by atoms with Crippen LogP contribution < -0.4 is 4.90 Å². The van der Waals surface area contributed by atoms with E-state index in [1.807, 2.05) is 0 Å². The lowest BCUT2D eigenvalue weighted by Gasteiger charge is -2.23. The Morgan fingerprint density at radius 2 is 1.71 bits per heavy atom. The molecule has 1 N–H and O–H groups in total. The quantitative estimate of drug-likeness (QED) is 0.656. The van der Waals surface area contributed by atoms with Crippen molar-refractivity contribution in [2.45, 2.75) is 6.55 Å². The molecule has 0 atom stereocenters. The zero-order valence-corrected chi connectivity index (χ0v) is 12.4. The third-order valence-corrected chi connectivity index (χ3v) is 3.26. The van der Waals surface area contributed by atoms with Gasteiger partial charge < -0.3 is 5.11 Å². The number of amides is 1. The Hall–Kier alpha value is -2.61. The third-order valence-electron chi connectivity index (χ3n) is 3.02. The molecular weight excluding hydrogens is 354 g/mol. The molecule has 0 radical (unpaired) electrons. The number of carbonyl (C=O) groups excluding carboxylic acids is 1. The van der Waals surface area contributed by atoms with E-state index in [4.69, 9.17) is 16.7 Å². The van der Waals surface area contributed by atoms with Gasteiger partial charge in [-0.25, -0.2) is 18.5 Å². The number of hydrogen-bond donors (Lipinski definition) is 1. The number of rotatable bonds is 4. The maximum atomic E-state index is 13.7. The van der Waals surface area contributed by atoms with Crippen LogP contribution in [0.1, 0.15) is 20.7 Å². The van der Waals surface area contributed by atoms with Gasteiger partial charge in [0.1, 0.15) is 11.6 Å². The molecule has 0 saturated heterocycles. The number of benzene rings is 2. The molecule has 0 heterocycles. The Balaban J connectivity index is 2.59. The normalized spacial score (nSPS) is 10.8. The molecule has 0 fully saturated rings. The number of anilines is 1. The highest BCUT2D eigenvalue weighted by Gasteiger charge is 2.31. The van der Waals surface area contributed by atoms with Crippen LogP contribution in [0.4, 0.5) is 23.2 Å². The van der Waals surface area contributed by atoms with Crippen molar-refractivity contribution in [3.8, 4) is 0 Å². The number of alkyl halides is 2. The Kier molecular flexibility index (Phi) is 5.08. The molecule has 0 saturated carbocycles. The molecule has 1 amide bonds. The van der Waals surface area contributed by atoms with Crippen molar-refractivity contribution in [2.24, 2.45) is 0 Å². The van der Waals surface area contributed by atoms with E-state index in [0.717, 1.165) is 24.3 Å². The Bertz CT molecular complexity index is 813. The maximum absolute atomic E-state index is 13.7. The molecule has 24 heavy (non-hydrogen) atoms. The number of halogens is 5. The maximum Gasteiger partial charge on any atom is 0.337 e. The van der Waals surface area contributed by atoms with E-state index in [0.29, 0.717) is 12.1 Å². The van der Waals surface area contributed by atoms with Gasteiger partial charge in [0, 0.05) is 11.1 Å². The number of hydrogen-bond acceptors (Lipinski definition) is 2. The van der Waals surface area contributed by atoms with Gasteiger partial charge in [-0.05, 0) is 30.3 Å². The number of carbonyl (C=O) groups is 2. The lowest BCUT2D eigenvalue weighted by atomic mass is 10.1. The fraction of sp³-hybridized carbons (Fsp3) is 0.0667. The van der Waals surface area contributed by atoms with Gasteiger partial charge in [-0.15, -0.1) is 0 Å². The molecular formula is C15H8ClF4NO3. The van der Waals surface area contributed by atoms with Crippen molar-refractivity contribution in [3.05, 3.63) is 64.2 Å². The Labute approximate surface area is 137 Å². The number of carboxylic acids is 1. The molecule has 4 nitrogen and oxygen atoms in total. The molecule has 2 aromatic rings. The number of aromatic carboxylic acids is 1. The fourth-order valence-corrected chi connectivity index (χ4v) is 2.16. The Morgan fingerprint density at radius 3 is 2.25 bits per heavy atom. The van der Waals surface area contributed by atoms with Crippen LogP contribution >= 0.6 is 11.6 Å². The molecule has 0 spiro atoms. The van der Waals surface area contributed by atoms with Crippen LogP contribution in [0, 0.1) is 11.6 Å². The highest BCUT2D eigenvalue weighted by Crippen LogP contribution is 2.29. The number of carboxylic acid groups (broad SMARTS) is 1. The zero-order chi connectivity index (χ0) is 18.0. The van der Waals surface area contributed by atoms with Crippen molar-refractivity contribution >= 4 is 29.2 Å². The van der Waals surface area contributed by atoms with Gasteiger partial charge in [0.25, 0.3) is 5.91 Å². The van der Waals surface area contributed by atoms with Crippen LogP contribution in [-0.2, 0) is 0 Å². The van der Waals surface area contributed by atoms with Gasteiger partial charge in [0.2, 0.25) is 0 Å². The van der Waals surface area contributed by atoms with E-state index in [9.17, 15) is 27.2 Å². The summed E-state index contributed by atoms with van der Waals surface area (Å²) in [5.41, 5.74) is -2.17. The summed E-state index contributed by atoms with van der Waals surface area (Å²) in [4.78, 5) is 23.2. The molecule has 0 bridgehead atoms. The molecule has 126 valence electrons. The Morgan fingerprint density at radius 1 is 1.04 bits per heavy atom. The molecule has 0 aliphatic carbocycles. The summed E-state index contributed by atoms with van der Waals surface area (Å²) in [6, 6.07) is 4.66. The fourth-order valence-electron chi connectivity index (χ4n) is 1.99. The first-order valence-electron chi connectivity index (χ1n) is 6.32. The van der Waals surface area contributed by atoms with E-state index < -0.39 is 46.9 Å². The minimum absolute atomic E-state index is 0.0502. The summed E-state index contributed by atoms with van der Waals surface area (Å²) in [7, 11) is 0. The van der Waals surface area contributed by atoms with Crippen LogP contribution in [0.5, 0.6) is 0 Å². The topological polar surface area (TPSA) is 57.6 Å². The highest BCUT2D eigenvalue weighted by atomic mass is 35.5. The average molecular weight is 362 g/mol. The van der Waals surface area contributed by atoms with Crippen molar-refractivity contribution in [1.82, 2.24) is 0 Å². The van der Waals surface area contributed by atoms with Crippen LogP contribution in [0.25, 0.3) is 0 Å². The molecule has 2 rings (SSSR count). The molecule has 0 unspecified atom stereocenters. The van der Waals surface area contributed by atoms with E-state index in [2.05, 4.69) is 0 Å². The second kappa shape index (κ2) is 6.88. The summed E-state index contributed by atoms with van der Waals surface area (Å²) in [5, 5.41) is 9.05. The van der Waals surface area contributed by atoms with Crippen LogP contribution in [-0.4, -0.2) is 23.5 Å². The van der Waals surface area contributed by atoms with Crippen LogP contribution in [0.3, 0.4) is 0 Å². The second-order valence-electron chi connectivity index (χ2n) is 4.54. The van der Waals surface area contributed by atoms with E-state index >= 15 is 0 Å². The average Bonchev–Trinajstić information content (AvgIpc) is 2.48. The summed E-state index contributed by atoms with van der Waals surface area (Å²) in [6.07, 6.45) is 0. The van der Waals surface area contributed by atoms with Gasteiger partial charge in [0.05, 0.1) is 16.8 Å². The lowest BCUT2D eigenvalue weighted by molar-refractivity contribution is 0.0696. The van der Waals surface area contributed by atoms with Crippen molar-refractivity contribution < 1.29 is 32.3 Å². The number of nitrogens with zero attached hydrogens (tertiary/aromatic N) is 1. The van der Waals surface area contributed by atoms with E-state index in [1.54, 1.807) is 0 Å². The van der Waals surface area contributed by atoms with Crippen molar-refractivity contribution in [3.63, 3.8) is 0 Å². The standard InChI is InChI=1S/C15H8ClF4NO3/c16-7-1-4-12(10(5-7)14(23)24)21(15(19)20)13(22)9-3-2-8(17)6-11(9)18/h1-6,15H,(H,23,24). The summed E-state index contributed by atoms with van der Waals surface area (Å²) < 4.78 is 53.3.